The summed E-state index contributed by atoms with van der Waals surface area (Å²) in [6, 6.07) is 0. The van der Waals surface area contributed by atoms with Gasteiger partial charge in [-0.3, -0.25) is 15.2 Å². The molecule has 2 aromatic rings. The maximum absolute atomic E-state index is 11.9. The third kappa shape index (κ3) is 3.09. The number of aryl methyl sites for hydroxylation is 3. The van der Waals surface area contributed by atoms with Crippen molar-refractivity contribution in [2.24, 2.45) is 0 Å². The highest BCUT2D eigenvalue weighted by Crippen LogP contribution is 2.04. The molecule has 0 saturated carbocycles. The van der Waals surface area contributed by atoms with Crippen molar-refractivity contribution >= 4 is 11.9 Å². The van der Waals surface area contributed by atoms with E-state index < -0.39 is 5.91 Å². The molecular formula is C11H15N7O. The van der Waals surface area contributed by atoms with Crippen molar-refractivity contribution in [3.63, 3.8) is 0 Å². The average Bonchev–Trinajstić information content (AvgIpc) is 2.83. The number of hydrogen-bond donors (Lipinski definition) is 2. The highest BCUT2D eigenvalue weighted by Gasteiger charge is 2.14. The second kappa shape index (κ2) is 5.51. The molecule has 8 heteroatoms. The predicted molar refractivity (Wildman–Crippen MR) is 67.6 cm³/mol. The van der Waals surface area contributed by atoms with Gasteiger partial charge >= 0.3 is 0 Å². The molecule has 2 aromatic heterocycles. The van der Waals surface area contributed by atoms with Gasteiger partial charge in [-0.1, -0.05) is 6.92 Å². The van der Waals surface area contributed by atoms with E-state index in [1.54, 1.807) is 13.8 Å². The lowest BCUT2D eigenvalue weighted by atomic mass is 10.3. The quantitative estimate of drug-likeness (QED) is 0.842. The molecule has 100 valence electrons. The smallest absolute Gasteiger partial charge is 0.286 e. The van der Waals surface area contributed by atoms with E-state index in [1.165, 1.54) is 0 Å². The molecule has 8 nitrogen and oxygen atoms in total. The number of rotatable bonds is 4. The van der Waals surface area contributed by atoms with E-state index in [2.05, 4.69) is 35.7 Å². The molecule has 2 heterocycles. The number of H-pyrrole nitrogens is 1. The van der Waals surface area contributed by atoms with Crippen molar-refractivity contribution < 1.29 is 4.79 Å². The molecule has 0 unspecified atom stereocenters. The summed E-state index contributed by atoms with van der Waals surface area (Å²) in [7, 11) is 0. The zero-order valence-corrected chi connectivity index (χ0v) is 11.1. The summed E-state index contributed by atoms with van der Waals surface area (Å²) in [5, 5.41) is 16.7. The van der Waals surface area contributed by atoms with Gasteiger partial charge in [-0.15, -0.1) is 10.2 Å². The summed E-state index contributed by atoms with van der Waals surface area (Å²) in [6.45, 7) is 5.62. The van der Waals surface area contributed by atoms with E-state index >= 15 is 0 Å². The molecule has 0 spiro atoms. The number of hydrogen-bond acceptors (Lipinski definition) is 6. The third-order valence-corrected chi connectivity index (χ3v) is 2.54. The van der Waals surface area contributed by atoms with Crippen molar-refractivity contribution in [2.45, 2.75) is 33.6 Å². The van der Waals surface area contributed by atoms with Gasteiger partial charge in [-0.25, -0.2) is 9.97 Å². The lowest BCUT2D eigenvalue weighted by Crippen LogP contribution is -2.17. The first-order chi connectivity index (χ1) is 9.10. The van der Waals surface area contributed by atoms with Gasteiger partial charge in [0.25, 0.3) is 5.91 Å². The highest BCUT2D eigenvalue weighted by molar-refractivity contribution is 6.00. The van der Waals surface area contributed by atoms with E-state index in [0.29, 0.717) is 11.5 Å². The number of anilines is 1. The first-order valence-corrected chi connectivity index (χ1v) is 6.00. The maximum atomic E-state index is 11.9. The SMILES string of the molecule is CCCc1nc(C(=O)Nc2nnc(C)c(C)n2)n[nH]1. The predicted octanol–water partition coefficient (Wildman–Crippen LogP) is 0.811. The number of nitrogens with one attached hydrogen (secondary N) is 2. The van der Waals surface area contributed by atoms with Crippen molar-refractivity contribution in [1.29, 1.82) is 0 Å². The lowest BCUT2D eigenvalue weighted by Gasteiger charge is -2.01. The Kier molecular flexibility index (Phi) is 3.79. The molecule has 0 fully saturated rings. The van der Waals surface area contributed by atoms with Crippen molar-refractivity contribution in [3.05, 3.63) is 23.0 Å². The van der Waals surface area contributed by atoms with Crippen LogP contribution in [0.25, 0.3) is 0 Å². The van der Waals surface area contributed by atoms with Gasteiger partial charge < -0.3 is 0 Å². The lowest BCUT2D eigenvalue weighted by molar-refractivity contribution is 0.101. The Hall–Kier alpha value is -2.38. The zero-order chi connectivity index (χ0) is 13.8. The maximum Gasteiger partial charge on any atom is 0.297 e. The number of aromatic nitrogens is 6. The fourth-order valence-corrected chi connectivity index (χ4v) is 1.41. The largest absolute Gasteiger partial charge is 0.297 e. The molecule has 0 saturated heterocycles. The van der Waals surface area contributed by atoms with Crippen molar-refractivity contribution in [1.82, 2.24) is 30.4 Å². The Balaban J connectivity index is 2.09. The van der Waals surface area contributed by atoms with Gasteiger partial charge in [0, 0.05) is 6.42 Å². The number of amides is 1. The van der Waals surface area contributed by atoms with Crippen LogP contribution in [0.5, 0.6) is 0 Å². The number of aromatic amines is 1. The van der Waals surface area contributed by atoms with E-state index in [9.17, 15) is 4.79 Å². The first kappa shape index (κ1) is 13.1. The minimum absolute atomic E-state index is 0.0743. The van der Waals surface area contributed by atoms with Crippen LogP contribution in [-0.4, -0.2) is 36.3 Å². The highest BCUT2D eigenvalue weighted by atomic mass is 16.2. The Labute approximate surface area is 110 Å². The molecule has 0 aromatic carbocycles. The summed E-state index contributed by atoms with van der Waals surface area (Å²) in [4.78, 5) is 20.1. The van der Waals surface area contributed by atoms with Crippen LogP contribution in [0, 0.1) is 13.8 Å². The van der Waals surface area contributed by atoms with Crippen LogP contribution < -0.4 is 5.32 Å². The van der Waals surface area contributed by atoms with Gasteiger partial charge in [0.15, 0.2) is 0 Å². The summed E-state index contributed by atoms with van der Waals surface area (Å²) < 4.78 is 0. The Bertz CT molecular complexity index is 592. The van der Waals surface area contributed by atoms with Gasteiger partial charge in [-0.2, -0.15) is 5.10 Å². The summed E-state index contributed by atoms with van der Waals surface area (Å²) in [5.41, 5.74) is 1.44. The normalized spacial score (nSPS) is 10.5. The molecule has 0 aliphatic rings. The van der Waals surface area contributed by atoms with Crippen LogP contribution in [0.1, 0.15) is 41.2 Å². The van der Waals surface area contributed by atoms with Crippen LogP contribution >= 0.6 is 0 Å². The first-order valence-electron chi connectivity index (χ1n) is 6.00. The van der Waals surface area contributed by atoms with E-state index in [0.717, 1.165) is 18.5 Å². The van der Waals surface area contributed by atoms with Crippen LogP contribution in [0.15, 0.2) is 0 Å². The average molecular weight is 261 g/mol. The standard InChI is InChI=1S/C11H15N7O/c1-4-5-8-13-9(17-16-8)10(19)14-11-12-6(2)7(3)15-18-11/h4-5H2,1-3H3,(H,13,16,17)(H,12,14,18,19). The Morgan fingerprint density at radius 1 is 1.21 bits per heavy atom. The van der Waals surface area contributed by atoms with E-state index in [4.69, 9.17) is 0 Å². The van der Waals surface area contributed by atoms with Crippen LogP contribution in [0.3, 0.4) is 0 Å². The van der Waals surface area contributed by atoms with Crippen LogP contribution in [0.2, 0.25) is 0 Å². The molecule has 19 heavy (non-hydrogen) atoms. The number of carbonyl (C=O) groups excluding carboxylic acids is 1. The summed E-state index contributed by atoms with van der Waals surface area (Å²) >= 11 is 0. The summed E-state index contributed by atoms with van der Waals surface area (Å²) in [6.07, 6.45) is 1.68. The third-order valence-electron chi connectivity index (χ3n) is 2.54. The molecule has 0 atom stereocenters. The molecule has 1 amide bonds. The second-order valence-electron chi connectivity index (χ2n) is 4.12. The topological polar surface area (TPSA) is 109 Å². The fourth-order valence-electron chi connectivity index (χ4n) is 1.41. The molecule has 2 N–H and O–H groups in total. The van der Waals surface area contributed by atoms with Gasteiger partial charge in [-0.05, 0) is 20.3 Å². The van der Waals surface area contributed by atoms with Crippen molar-refractivity contribution in [3.8, 4) is 0 Å². The minimum Gasteiger partial charge on any atom is -0.286 e. The van der Waals surface area contributed by atoms with E-state index in [1.807, 2.05) is 6.92 Å². The van der Waals surface area contributed by atoms with Gasteiger partial charge in [0.2, 0.25) is 11.8 Å². The number of nitrogens with zero attached hydrogens (tertiary/aromatic N) is 5. The molecule has 2 rings (SSSR count). The number of carbonyl (C=O) groups is 1. The monoisotopic (exact) mass is 261 g/mol. The van der Waals surface area contributed by atoms with Gasteiger partial charge in [0.05, 0.1) is 11.4 Å². The molecule has 0 bridgehead atoms. The Morgan fingerprint density at radius 2 is 2.00 bits per heavy atom. The van der Waals surface area contributed by atoms with E-state index in [-0.39, 0.29) is 11.8 Å². The molecular weight excluding hydrogens is 246 g/mol. The molecule has 0 aliphatic heterocycles. The second-order valence-corrected chi connectivity index (χ2v) is 4.12. The zero-order valence-electron chi connectivity index (χ0n) is 11.1. The summed E-state index contributed by atoms with van der Waals surface area (Å²) in [5.74, 6) is 0.454. The molecule has 0 radical (unpaired) electrons. The van der Waals surface area contributed by atoms with Crippen LogP contribution in [0.4, 0.5) is 5.95 Å². The fraction of sp³-hybridized carbons (Fsp3) is 0.455. The van der Waals surface area contributed by atoms with Gasteiger partial charge in [0.1, 0.15) is 5.82 Å². The molecule has 0 aliphatic carbocycles. The van der Waals surface area contributed by atoms with Crippen LogP contribution in [-0.2, 0) is 6.42 Å². The van der Waals surface area contributed by atoms with Crippen molar-refractivity contribution in [2.75, 3.05) is 5.32 Å². The minimum atomic E-state index is -0.455. The Morgan fingerprint density at radius 3 is 2.68 bits per heavy atom.